The van der Waals surface area contributed by atoms with Gasteiger partial charge < -0.3 is 10.6 Å². The summed E-state index contributed by atoms with van der Waals surface area (Å²) in [6.45, 7) is 3.80. The summed E-state index contributed by atoms with van der Waals surface area (Å²) in [6, 6.07) is 9.51. The lowest BCUT2D eigenvalue weighted by Crippen LogP contribution is -2.44. The first-order chi connectivity index (χ1) is 12.4. The van der Waals surface area contributed by atoms with Gasteiger partial charge in [0.2, 0.25) is 11.8 Å². The van der Waals surface area contributed by atoms with Crippen molar-refractivity contribution in [3.05, 3.63) is 52.8 Å². The van der Waals surface area contributed by atoms with Crippen LogP contribution in [0.3, 0.4) is 0 Å². The number of carbonyl (C=O) groups is 2. The second kappa shape index (κ2) is 7.77. The predicted molar refractivity (Wildman–Crippen MR) is 105 cm³/mol. The first-order valence-corrected chi connectivity index (χ1v) is 10.1. The van der Waals surface area contributed by atoms with Crippen LogP contribution in [-0.2, 0) is 19.4 Å². The topological polar surface area (TPSA) is 92.3 Å². The zero-order chi connectivity index (χ0) is 20.4. The molecule has 0 atom stereocenters. The van der Waals surface area contributed by atoms with Gasteiger partial charge in [-0.1, -0.05) is 15.9 Å². The van der Waals surface area contributed by atoms with Gasteiger partial charge in [0, 0.05) is 17.1 Å². The highest BCUT2D eigenvalue weighted by molar-refractivity contribution is 9.10. The van der Waals surface area contributed by atoms with Crippen LogP contribution in [0.2, 0.25) is 0 Å². The van der Waals surface area contributed by atoms with Crippen molar-refractivity contribution in [3.63, 3.8) is 0 Å². The third-order valence-electron chi connectivity index (χ3n) is 3.88. The second-order valence-electron chi connectivity index (χ2n) is 6.30. The lowest BCUT2D eigenvalue weighted by molar-refractivity contribution is -0.118. The number of sulfone groups is 1. The number of halogens is 2. The lowest BCUT2D eigenvalue weighted by atomic mass is 10.2. The van der Waals surface area contributed by atoms with Gasteiger partial charge in [-0.2, -0.15) is 0 Å². The monoisotopic (exact) mass is 456 g/mol. The number of hydrogen-bond donors (Lipinski definition) is 2. The van der Waals surface area contributed by atoms with Crippen LogP contribution in [0, 0.1) is 5.82 Å². The standard InChI is InChI=1S/C18H18BrFN2O4S/c1-11(23)21-16-10-13(6-9-15(16)20)22-17(24)18(2,3)27(25,26)14-7-4-12(19)5-8-14/h4-10H,1-3H3,(H,21,23)(H,22,24). The Balaban J connectivity index is 2.31. The summed E-state index contributed by atoms with van der Waals surface area (Å²) in [7, 11) is -3.99. The van der Waals surface area contributed by atoms with E-state index in [1.165, 1.54) is 45.0 Å². The smallest absolute Gasteiger partial charge is 0.245 e. The number of anilines is 2. The highest BCUT2D eigenvalue weighted by atomic mass is 79.9. The molecule has 9 heteroatoms. The summed E-state index contributed by atoms with van der Waals surface area (Å²) >= 11 is 3.23. The molecular formula is C18H18BrFN2O4S. The molecule has 2 N–H and O–H groups in total. The summed E-state index contributed by atoms with van der Waals surface area (Å²) in [6.07, 6.45) is 0. The van der Waals surface area contributed by atoms with Crippen molar-refractivity contribution in [1.82, 2.24) is 0 Å². The van der Waals surface area contributed by atoms with Crippen LogP contribution in [0.25, 0.3) is 0 Å². The van der Waals surface area contributed by atoms with Gasteiger partial charge in [0.25, 0.3) is 0 Å². The fourth-order valence-corrected chi connectivity index (χ4v) is 3.84. The van der Waals surface area contributed by atoms with E-state index < -0.39 is 32.2 Å². The Hall–Kier alpha value is -2.26. The molecule has 0 heterocycles. The van der Waals surface area contributed by atoms with Gasteiger partial charge in [0.1, 0.15) is 10.6 Å². The molecule has 144 valence electrons. The molecule has 0 saturated carbocycles. The van der Waals surface area contributed by atoms with E-state index >= 15 is 0 Å². The molecule has 0 fully saturated rings. The fourth-order valence-electron chi connectivity index (χ4n) is 2.20. The van der Waals surface area contributed by atoms with Gasteiger partial charge in [-0.05, 0) is 56.3 Å². The van der Waals surface area contributed by atoms with E-state index in [0.717, 1.165) is 6.07 Å². The van der Waals surface area contributed by atoms with Crippen molar-refractivity contribution in [2.24, 2.45) is 0 Å². The molecule has 6 nitrogen and oxygen atoms in total. The number of amides is 2. The average Bonchev–Trinajstić information content (AvgIpc) is 2.57. The van der Waals surface area contributed by atoms with Gasteiger partial charge >= 0.3 is 0 Å². The first-order valence-electron chi connectivity index (χ1n) is 7.84. The van der Waals surface area contributed by atoms with E-state index in [1.807, 2.05) is 0 Å². The molecule has 0 bridgehead atoms. The summed E-state index contributed by atoms with van der Waals surface area (Å²) in [4.78, 5) is 23.8. The molecule has 0 aliphatic carbocycles. The van der Waals surface area contributed by atoms with Crippen LogP contribution < -0.4 is 10.6 Å². The van der Waals surface area contributed by atoms with Crippen LogP contribution >= 0.6 is 15.9 Å². The first kappa shape index (κ1) is 21.0. The molecule has 0 unspecified atom stereocenters. The molecular weight excluding hydrogens is 439 g/mol. The van der Waals surface area contributed by atoms with Crippen LogP contribution in [0.5, 0.6) is 0 Å². The number of benzene rings is 2. The van der Waals surface area contributed by atoms with E-state index in [4.69, 9.17) is 0 Å². The number of carbonyl (C=O) groups excluding carboxylic acids is 2. The van der Waals surface area contributed by atoms with Crippen molar-refractivity contribution in [2.75, 3.05) is 10.6 Å². The van der Waals surface area contributed by atoms with Crippen molar-refractivity contribution >= 4 is 49.0 Å². The molecule has 2 amide bonds. The van der Waals surface area contributed by atoms with Gasteiger partial charge in [0.15, 0.2) is 9.84 Å². The Morgan fingerprint density at radius 3 is 2.19 bits per heavy atom. The van der Waals surface area contributed by atoms with Crippen LogP contribution in [-0.4, -0.2) is 25.0 Å². The minimum absolute atomic E-state index is 0.00360. The Morgan fingerprint density at radius 2 is 1.63 bits per heavy atom. The van der Waals surface area contributed by atoms with Crippen molar-refractivity contribution in [3.8, 4) is 0 Å². The maximum Gasteiger partial charge on any atom is 0.245 e. The van der Waals surface area contributed by atoms with Gasteiger partial charge in [-0.25, -0.2) is 12.8 Å². The Labute approximate surface area is 165 Å². The van der Waals surface area contributed by atoms with Crippen molar-refractivity contribution < 1.29 is 22.4 Å². The van der Waals surface area contributed by atoms with E-state index in [1.54, 1.807) is 12.1 Å². The zero-order valence-corrected chi connectivity index (χ0v) is 17.2. The van der Waals surface area contributed by atoms with Crippen molar-refractivity contribution in [2.45, 2.75) is 30.4 Å². The molecule has 0 aromatic heterocycles. The molecule has 2 rings (SSSR count). The summed E-state index contributed by atoms with van der Waals surface area (Å²) in [5.74, 6) is -1.94. The Bertz CT molecular complexity index is 989. The van der Waals surface area contributed by atoms with Crippen LogP contribution in [0.1, 0.15) is 20.8 Å². The van der Waals surface area contributed by atoms with Gasteiger partial charge in [-0.3, -0.25) is 9.59 Å². The zero-order valence-electron chi connectivity index (χ0n) is 14.8. The Morgan fingerprint density at radius 1 is 1.04 bits per heavy atom. The Kier molecular flexibility index (Phi) is 6.06. The molecule has 0 aliphatic heterocycles. The molecule has 2 aromatic rings. The molecule has 27 heavy (non-hydrogen) atoms. The fraction of sp³-hybridized carbons (Fsp3) is 0.222. The highest BCUT2D eigenvalue weighted by Gasteiger charge is 2.42. The molecule has 0 saturated heterocycles. The van der Waals surface area contributed by atoms with Crippen molar-refractivity contribution in [1.29, 1.82) is 0 Å². The lowest BCUT2D eigenvalue weighted by Gasteiger charge is -2.24. The van der Waals surface area contributed by atoms with E-state index in [0.29, 0.717) is 4.47 Å². The third kappa shape index (κ3) is 4.54. The number of hydrogen-bond acceptors (Lipinski definition) is 4. The van der Waals surface area contributed by atoms with E-state index in [2.05, 4.69) is 26.6 Å². The van der Waals surface area contributed by atoms with E-state index in [9.17, 15) is 22.4 Å². The SMILES string of the molecule is CC(=O)Nc1cc(NC(=O)C(C)(C)S(=O)(=O)c2ccc(Br)cc2)ccc1F. The summed E-state index contributed by atoms with van der Waals surface area (Å²) < 4.78 is 38.4. The quantitative estimate of drug-likeness (QED) is 0.716. The van der Waals surface area contributed by atoms with Gasteiger partial charge in [-0.15, -0.1) is 0 Å². The summed E-state index contributed by atoms with van der Waals surface area (Å²) in [5.41, 5.74) is 0.0399. The number of nitrogens with one attached hydrogen (secondary N) is 2. The number of rotatable bonds is 5. The van der Waals surface area contributed by atoms with Crippen LogP contribution in [0.4, 0.5) is 15.8 Å². The predicted octanol–water partition coefficient (Wildman–Crippen LogP) is 3.74. The van der Waals surface area contributed by atoms with Crippen LogP contribution in [0.15, 0.2) is 51.8 Å². The molecule has 2 aromatic carbocycles. The average molecular weight is 457 g/mol. The second-order valence-corrected chi connectivity index (χ2v) is 9.71. The normalized spacial score (nSPS) is 11.7. The minimum Gasteiger partial charge on any atom is -0.325 e. The maximum absolute atomic E-state index is 13.7. The third-order valence-corrected chi connectivity index (χ3v) is 6.83. The molecule has 0 aliphatic rings. The minimum atomic E-state index is -3.99. The molecule has 0 spiro atoms. The largest absolute Gasteiger partial charge is 0.325 e. The summed E-state index contributed by atoms with van der Waals surface area (Å²) in [5, 5.41) is 4.76. The van der Waals surface area contributed by atoms with Gasteiger partial charge in [0.05, 0.1) is 10.6 Å². The van der Waals surface area contributed by atoms with E-state index in [-0.39, 0.29) is 16.3 Å². The maximum atomic E-state index is 13.7. The highest BCUT2D eigenvalue weighted by Crippen LogP contribution is 2.28. The molecule has 0 radical (unpaired) electrons.